The van der Waals surface area contributed by atoms with Crippen molar-refractivity contribution in [3.63, 3.8) is 0 Å². The third-order valence-electron chi connectivity index (χ3n) is 2.33. The highest BCUT2D eigenvalue weighted by molar-refractivity contribution is 5.78. The average Bonchev–Trinajstić information content (AvgIpc) is 2.40. The third-order valence-corrected chi connectivity index (χ3v) is 2.33. The lowest BCUT2D eigenvalue weighted by Gasteiger charge is -1.99. The molecule has 17 heavy (non-hydrogen) atoms. The van der Waals surface area contributed by atoms with E-state index in [9.17, 15) is 4.79 Å². The van der Waals surface area contributed by atoms with Crippen LogP contribution in [0.4, 0.5) is 0 Å². The molecular weight excluding hydrogens is 218 g/mol. The van der Waals surface area contributed by atoms with Crippen LogP contribution in [-0.2, 0) is 0 Å². The smallest absolute Gasteiger partial charge is 0.347 e. The van der Waals surface area contributed by atoms with Crippen molar-refractivity contribution in [3.05, 3.63) is 53.0 Å². The van der Waals surface area contributed by atoms with E-state index in [-0.39, 0.29) is 5.89 Å². The van der Waals surface area contributed by atoms with Gasteiger partial charge in [-0.25, -0.2) is 9.78 Å². The second-order valence-electron chi connectivity index (χ2n) is 3.43. The maximum atomic E-state index is 11.7. The fraction of sp³-hybridized carbons (Fsp3) is 0. The summed E-state index contributed by atoms with van der Waals surface area (Å²) in [5.74, 6) is 0.182. The Morgan fingerprint density at radius 1 is 1.06 bits per heavy atom. The predicted octanol–water partition coefficient (Wildman–Crippen LogP) is 1.64. The Morgan fingerprint density at radius 2 is 1.94 bits per heavy atom. The molecule has 0 amide bonds. The van der Waals surface area contributed by atoms with Crippen molar-refractivity contribution >= 4 is 10.9 Å². The Kier molecular flexibility index (Phi) is 2.15. The molecule has 0 unspecified atom stereocenters. The quantitative estimate of drug-likeness (QED) is 0.629. The van der Waals surface area contributed by atoms with Gasteiger partial charge in [0, 0.05) is 6.20 Å². The molecule has 0 aliphatic rings. The first kappa shape index (κ1) is 9.65. The summed E-state index contributed by atoms with van der Waals surface area (Å²) in [6, 6.07) is 10.4. The second-order valence-corrected chi connectivity index (χ2v) is 3.43. The molecule has 5 nitrogen and oxygen atoms in total. The zero-order chi connectivity index (χ0) is 11.7. The van der Waals surface area contributed by atoms with Crippen LogP contribution in [-0.4, -0.2) is 15.2 Å². The summed E-state index contributed by atoms with van der Waals surface area (Å²) in [5, 5.41) is 8.03. The molecule has 0 saturated carbocycles. The number of hydrogen-bond acceptors (Lipinski definition) is 5. The molecular formula is C12H7N3O2. The number of rotatable bonds is 1. The topological polar surface area (TPSA) is 68.9 Å². The number of hydrogen-bond donors (Lipinski definition) is 0. The Morgan fingerprint density at radius 3 is 2.76 bits per heavy atom. The van der Waals surface area contributed by atoms with Gasteiger partial charge in [-0.3, -0.25) is 0 Å². The summed E-state index contributed by atoms with van der Waals surface area (Å²) in [7, 11) is 0. The highest BCUT2D eigenvalue weighted by Gasteiger charge is 2.08. The van der Waals surface area contributed by atoms with E-state index in [2.05, 4.69) is 15.2 Å². The monoisotopic (exact) mass is 225 g/mol. The molecule has 3 aromatic rings. The first-order valence-corrected chi connectivity index (χ1v) is 5.02. The van der Waals surface area contributed by atoms with Gasteiger partial charge >= 0.3 is 5.63 Å². The van der Waals surface area contributed by atoms with Crippen LogP contribution in [0.5, 0.6) is 0 Å². The minimum Gasteiger partial charge on any atom is -0.401 e. The molecule has 0 N–H and O–H groups in total. The zero-order valence-electron chi connectivity index (χ0n) is 8.70. The molecule has 2 heterocycles. The van der Waals surface area contributed by atoms with Gasteiger partial charge in [0.2, 0.25) is 0 Å². The molecule has 0 bridgehead atoms. The van der Waals surface area contributed by atoms with E-state index in [0.29, 0.717) is 16.6 Å². The standard InChI is InChI=1S/C12H7N3O2/c16-12-8-4-1-2-5-9(8)14-11(17-12)10-6-3-7-13-15-10/h1-7H. The van der Waals surface area contributed by atoms with E-state index in [1.54, 1.807) is 36.5 Å². The number of fused-ring (bicyclic) bond motifs is 1. The van der Waals surface area contributed by atoms with Gasteiger partial charge in [-0.05, 0) is 24.3 Å². The van der Waals surface area contributed by atoms with Crippen LogP contribution in [0.3, 0.4) is 0 Å². The van der Waals surface area contributed by atoms with Gasteiger partial charge in [-0.2, -0.15) is 5.10 Å². The maximum Gasteiger partial charge on any atom is 0.347 e. The molecule has 3 rings (SSSR count). The molecule has 0 radical (unpaired) electrons. The number of nitrogens with zero attached hydrogens (tertiary/aromatic N) is 3. The van der Waals surface area contributed by atoms with E-state index < -0.39 is 5.63 Å². The summed E-state index contributed by atoms with van der Waals surface area (Å²) in [4.78, 5) is 16.0. The van der Waals surface area contributed by atoms with Crippen molar-refractivity contribution in [2.45, 2.75) is 0 Å². The molecule has 0 fully saturated rings. The Bertz CT molecular complexity index is 722. The second kappa shape index (κ2) is 3.79. The van der Waals surface area contributed by atoms with Crippen molar-refractivity contribution in [3.8, 4) is 11.6 Å². The fourth-order valence-electron chi connectivity index (χ4n) is 1.54. The van der Waals surface area contributed by atoms with E-state index in [1.165, 1.54) is 0 Å². The summed E-state index contributed by atoms with van der Waals surface area (Å²) in [5.41, 5.74) is 0.607. The van der Waals surface area contributed by atoms with Crippen molar-refractivity contribution in [1.29, 1.82) is 0 Å². The lowest BCUT2D eigenvalue weighted by atomic mass is 10.2. The molecule has 2 aromatic heterocycles. The molecule has 0 atom stereocenters. The highest BCUT2D eigenvalue weighted by atomic mass is 16.4. The normalized spacial score (nSPS) is 10.6. The largest absolute Gasteiger partial charge is 0.401 e. The van der Waals surface area contributed by atoms with E-state index in [0.717, 1.165) is 0 Å². The SMILES string of the molecule is O=c1oc(-c2cccnn2)nc2ccccc12. The van der Waals surface area contributed by atoms with Crippen molar-refractivity contribution in [1.82, 2.24) is 15.2 Å². The van der Waals surface area contributed by atoms with Gasteiger partial charge < -0.3 is 4.42 Å². The number of benzene rings is 1. The average molecular weight is 225 g/mol. The molecule has 82 valence electrons. The lowest BCUT2D eigenvalue weighted by molar-refractivity contribution is 0.515. The Labute approximate surface area is 95.8 Å². The van der Waals surface area contributed by atoms with Crippen molar-refractivity contribution in [2.24, 2.45) is 0 Å². The van der Waals surface area contributed by atoms with Crippen LogP contribution in [0.2, 0.25) is 0 Å². The van der Waals surface area contributed by atoms with Crippen molar-refractivity contribution in [2.75, 3.05) is 0 Å². The summed E-state index contributed by atoms with van der Waals surface area (Å²) in [6.45, 7) is 0. The first-order valence-electron chi connectivity index (χ1n) is 5.02. The molecule has 1 aromatic carbocycles. The zero-order valence-corrected chi connectivity index (χ0v) is 8.70. The van der Waals surface area contributed by atoms with E-state index in [1.807, 2.05) is 6.07 Å². The van der Waals surface area contributed by atoms with Gasteiger partial charge in [-0.15, -0.1) is 5.10 Å². The van der Waals surface area contributed by atoms with Crippen LogP contribution < -0.4 is 5.63 Å². The molecule has 0 aliphatic carbocycles. The molecule has 0 aliphatic heterocycles. The van der Waals surface area contributed by atoms with E-state index >= 15 is 0 Å². The van der Waals surface area contributed by atoms with Gasteiger partial charge in [0.25, 0.3) is 5.89 Å². The van der Waals surface area contributed by atoms with Crippen molar-refractivity contribution < 1.29 is 4.42 Å². The maximum absolute atomic E-state index is 11.7. The molecule has 0 spiro atoms. The minimum absolute atomic E-state index is 0.182. The predicted molar refractivity (Wildman–Crippen MR) is 61.3 cm³/mol. The summed E-state index contributed by atoms with van der Waals surface area (Å²) in [6.07, 6.45) is 1.54. The first-order chi connectivity index (χ1) is 8.34. The van der Waals surface area contributed by atoms with Crippen LogP contribution in [0, 0.1) is 0 Å². The number of para-hydroxylation sites is 1. The van der Waals surface area contributed by atoms with Gasteiger partial charge in [0.15, 0.2) is 0 Å². The van der Waals surface area contributed by atoms with Gasteiger partial charge in [0.05, 0.1) is 10.9 Å². The van der Waals surface area contributed by atoms with Gasteiger partial charge in [0.1, 0.15) is 5.69 Å². The highest BCUT2D eigenvalue weighted by Crippen LogP contribution is 2.14. The van der Waals surface area contributed by atoms with Crippen LogP contribution in [0.1, 0.15) is 0 Å². The Hall–Kier alpha value is -2.56. The van der Waals surface area contributed by atoms with Crippen LogP contribution >= 0.6 is 0 Å². The summed E-state index contributed by atoms with van der Waals surface area (Å²) < 4.78 is 5.11. The fourth-order valence-corrected chi connectivity index (χ4v) is 1.54. The summed E-state index contributed by atoms with van der Waals surface area (Å²) >= 11 is 0. The Balaban J connectivity index is 2.30. The lowest BCUT2D eigenvalue weighted by Crippen LogP contribution is -2.03. The van der Waals surface area contributed by atoms with Gasteiger partial charge in [-0.1, -0.05) is 12.1 Å². The van der Waals surface area contributed by atoms with E-state index in [4.69, 9.17) is 4.42 Å². The molecule has 0 saturated heterocycles. The minimum atomic E-state index is -0.420. The molecule has 5 heteroatoms. The van der Waals surface area contributed by atoms with Crippen LogP contribution in [0.25, 0.3) is 22.5 Å². The third kappa shape index (κ3) is 1.67. The van der Waals surface area contributed by atoms with Crippen LogP contribution in [0.15, 0.2) is 51.8 Å². The number of aromatic nitrogens is 3.